The first-order valence-electron chi connectivity index (χ1n) is 11.4. The Morgan fingerprint density at radius 3 is 2.47 bits per heavy atom. The van der Waals surface area contributed by atoms with Crippen LogP contribution in [-0.4, -0.2) is 37.6 Å². The van der Waals surface area contributed by atoms with Crippen molar-refractivity contribution in [2.24, 2.45) is 11.3 Å². The molecule has 3 atom stereocenters. The van der Waals surface area contributed by atoms with Crippen molar-refractivity contribution >= 4 is 9.84 Å². The minimum Gasteiger partial charge on any atom is -0.508 e. The van der Waals surface area contributed by atoms with Crippen molar-refractivity contribution in [3.05, 3.63) is 71.8 Å². The molecule has 0 radical (unpaired) electrons. The number of hydrogen-bond donors (Lipinski definition) is 2. The number of rotatable bonds is 9. The summed E-state index contributed by atoms with van der Waals surface area (Å²) in [5.74, 6) is 0.605. The number of aliphatic hydroxyl groups excluding tert-OH is 1. The SMILES string of the molecule is O=S(=O)(CCCCCC1=CCC2(CO)COC(c3ccc(O)cc3)C1C2)c1ccccc1. The van der Waals surface area contributed by atoms with Gasteiger partial charge in [-0.25, -0.2) is 8.42 Å². The maximum atomic E-state index is 12.5. The lowest BCUT2D eigenvalue weighted by Crippen LogP contribution is -2.43. The van der Waals surface area contributed by atoms with Crippen molar-refractivity contribution < 1.29 is 23.4 Å². The Balaban J connectivity index is 1.36. The quantitative estimate of drug-likeness (QED) is 0.418. The molecule has 0 amide bonds. The van der Waals surface area contributed by atoms with Crippen molar-refractivity contribution in [1.29, 1.82) is 0 Å². The predicted molar refractivity (Wildman–Crippen MR) is 124 cm³/mol. The molecule has 2 bridgehead atoms. The Morgan fingerprint density at radius 2 is 1.75 bits per heavy atom. The molecule has 32 heavy (non-hydrogen) atoms. The number of unbranched alkanes of at least 4 members (excludes halogenated alkanes) is 2. The molecule has 1 aliphatic heterocycles. The van der Waals surface area contributed by atoms with Crippen molar-refractivity contribution in [3.63, 3.8) is 0 Å². The second kappa shape index (κ2) is 9.77. The van der Waals surface area contributed by atoms with Crippen LogP contribution < -0.4 is 0 Å². The lowest BCUT2D eigenvalue weighted by molar-refractivity contribution is -0.114. The zero-order chi connectivity index (χ0) is 22.6. The number of benzene rings is 2. The molecular formula is C26H32O5S. The third kappa shape index (κ3) is 5.08. The van der Waals surface area contributed by atoms with Crippen LogP contribution >= 0.6 is 0 Å². The first-order chi connectivity index (χ1) is 15.4. The Kier molecular flexibility index (Phi) is 7.03. The summed E-state index contributed by atoms with van der Waals surface area (Å²) in [6.07, 6.45) is 7.25. The van der Waals surface area contributed by atoms with Gasteiger partial charge in [-0.05, 0) is 61.9 Å². The molecule has 0 saturated carbocycles. The average Bonchev–Trinajstić information content (AvgIpc) is 2.82. The molecule has 2 aromatic rings. The van der Waals surface area contributed by atoms with Gasteiger partial charge in [0.1, 0.15) is 5.75 Å². The summed E-state index contributed by atoms with van der Waals surface area (Å²) in [5, 5.41) is 19.6. The molecule has 6 heteroatoms. The molecule has 2 aliphatic rings. The molecule has 2 N–H and O–H groups in total. The summed E-state index contributed by atoms with van der Waals surface area (Å²) in [5.41, 5.74) is 2.18. The fraction of sp³-hybridized carbons (Fsp3) is 0.462. The highest BCUT2D eigenvalue weighted by atomic mass is 32.2. The van der Waals surface area contributed by atoms with Crippen LogP contribution in [0.3, 0.4) is 0 Å². The summed E-state index contributed by atoms with van der Waals surface area (Å²) >= 11 is 0. The van der Waals surface area contributed by atoms with E-state index < -0.39 is 9.84 Å². The van der Waals surface area contributed by atoms with Crippen LogP contribution in [0.5, 0.6) is 5.75 Å². The maximum Gasteiger partial charge on any atom is 0.178 e. The van der Waals surface area contributed by atoms with Crippen molar-refractivity contribution in [3.8, 4) is 5.75 Å². The van der Waals surface area contributed by atoms with Crippen LogP contribution in [0.15, 0.2) is 71.1 Å². The summed E-state index contributed by atoms with van der Waals surface area (Å²) in [6, 6.07) is 15.8. The number of phenols is 1. The Morgan fingerprint density at radius 1 is 1.00 bits per heavy atom. The van der Waals surface area contributed by atoms with E-state index in [1.165, 1.54) is 5.57 Å². The highest BCUT2D eigenvalue weighted by Crippen LogP contribution is 2.51. The molecule has 1 aliphatic carbocycles. The lowest BCUT2D eigenvalue weighted by atomic mass is 9.65. The predicted octanol–water partition coefficient (Wildman–Crippen LogP) is 4.81. The fourth-order valence-corrected chi connectivity index (χ4v) is 6.37. The van der Waals surface area contributed by atoms with Gasteiger partial charge in [0.2, 0.25) is 0 Å². The molecule has 3 unspecified atom stereocenters. The maximum absolute atomic E-state index is 12.5. The first-order valence-corrected chi connectivity index (χ1v) is 13.1. The molecule has 0 aromatic heterocycles. The van der Waals surface area contributed by atoms with Gasteiger partial charge in [0.05, 0.1) is 30.0 Å². The van der Waals surface area contributed by atoms with E-state index in [-0.39, 0.29) is 35.5 Å². The third-order valence-corrected chi connectivity index (χ3v) is 8.72. The second-order valence-electron chi connectivity index (χ2n) is 9.22. The van der Waals surface area contributed by atoms with Crippen LogP contribution in [0.2, 0.25) is 0 Å². The first kappa shape index (κ1) is 23.0. The van der Waals surface area contributed by atoms with Gasteiger partial charge in [-0.2, -0.15) is 0 Å². The van der Waals surface area contributed by atoms with Gasteiger partial charge in [-0.15, -0.1) is 0 Å². The molecule has 5 nitrogen and oxygen atoms in total. The molecule has 1 saturated heterocycles. The minimum absolute atomic E-state index is 0.0831. The number of aromatic hydroxyl groups is 1. The molecule has 1 heterocycles. The minimum atomic E-state index is -3.22. The van der Waals surface area contributed by atoms with Crippen LogP contribution in [0.4, 0.5) is 0 Å². The van der Waals surface area contributed by atoms with E-state index in [0.29, 0.717) is 17.9 Å². The number of phenolic OH excluding ortho intramolecular Hbond substituents is 1. The van der Waals surface area contributed by atoms with Crippen LogP contribution in [0.25, 0.3) is 0 Å². The number of aliphatic hydroxyl groups is 1. The van der Waals surface area contributed by atoms with E-state index in [0.717, 1.165) is 37.7 Å². The van der Waals surface area contributed by atoms with E-state index >= 15 is 0 Å². The van der Waals surface area contributed by atoms with Gasteiger partial charge in [-0.3, -0.25) is 0 Å². The third-order valence-electron chi connectivity index (χ3n) is 6.90. The van der Waals surface area contributed by atoms with E-state index in [2.05, 4.69) is 6.08 Å². The van der Waals surface area contributed by atoms with Crippen molar-refractivity contribution in [2.45, 2.75) is 49.5 Å². The largest absolute Gasteiger partial charge is 0.508 e. The standard InChI is InChI=1S/C26H32O5S/c27-18-26-15-14-20(7-3-2-6-16-32(29,30)23-8-4-1-5-9-23)24(17-26)25(31-19-26)21-10-12-22(28)13-11-21/h1,4-5,8-14,24-25,27-28H,2-3,6-7,15-19H2. The molecule has 172 valence electrons. The highest BCUT2D eigenvalue weighted by Gasteiger charge is 2.45. The smallest absolute Gasteiger partial charge is 0.178 e. The molecule has 4 rings (SSSR count). The second-order valence-corrected chi connectivity index (χ2v) is 11.3. The monoisotopic (exact) mass is 456 g/mol. The van der Waals surface area contributed by atoms with Crippen LogP contribution in [-0.2, 0) is 14.6 Å². The van der Waals surface area contributed by atoms with E-state index in [9.17, 15) is 18.6 Å². The average molecular weight is 457 g/mol. The molecule has 2 aromatic carbocycles. The van der Waals surface area contributed by atoms with Gasteiger partial charge in [-0.1, -0.05) is 48.4 Å². The van der Waals surface area contributed by atoms with Gasteiger partial charge in [0.15, 0.2) is 9.84 Å². The van der Waals surface area contributed by atoms with E-state index in [1.807, 2.05) is 18.2 Å². The number of hydrogen-bond acceptors (Lipinski definition) is 5. The Bertz CT molecular complexity index is 1030. The summed E-state index contributed by atoms with van der Waals surface area (Å²) in [6.45, 7) is 0.652. The Labute approximate surface area is 190 Å². The number of fused-ring (bicyclic) bond motifs is 2. The molecule has 0 spiro atoms. The van der Waals surface area contributed by atoms with Gasteiger partial charge in [0.25, 0.3) is 0 Å². The van der Waals surface area contributed by atoms with Crippen LogP contribution in [0, 0.1) is 11.3 Å². The van der Waals surface area contributed by atoms with Crippen molar-refractivity contribution in [2.75, 3.05) is 19.0 Å². The van der Waals surface area contributed by atoms with Gasteiger partial charge >= 0.3 is 0 Å². The Hall–Kier alpha value is -2.15. The summed E-state index contributed by atoms with van der Waals surface area (Å²) in [4.78, 5) is 0.395. The summed E-state index contributed by atoms with van der Waals surface area (Å²) in [7, 11) is -3.22. The fourth-order valence-electron chi connectivity index (χ4n) is 4.98. The highest BCUT2D eigenvalue weighted by molar-refractivity contribution is 7.91. The lowest BCUT2D eigenvalue weighted by Gasteiger charge is -2.47. The van der Waals surface area contributed by atoms with Gasteiger partial charge in [0, 0.05) is 11.3 Å². The van der Waals surface area contributed by atoms with Crippen LogP contribution in [0.1, 0.15) is 50.2 Å². The number of sulfone groups is 1. The summed E-state index contributed by atoms with van der Waals surface area (Å²) < 4.78 is 31.2. The molecule has 1 fully saturated rings. The normalized spacial score (nSPS) is 25.3. The van der Waals surface area contributed by atoms with E-state index in [4.69, 9.17) is 4.74 Å². The zero-order valence-electron chi connectivity index (χ0n) is 18.3. The van der Waals surface area contributed by atoms with Crippen molar-refractivity contribution in [1.82, 2.24) is 0 Å². The zero-order valence-corrected chi connectivity index (χ0v) is 19.1. The number of ether oxygens (including phenoxy) is 1. The number of allylic oxidation sites excluding steroid dienone is 1. The van der Waals surface area contributed by atoms with Gasteiger partial charge < -0.3 is 14.9 Å². The molecular weight excluding hydrogens is 424 g/mol. The topological polar surface area (TPSA) is 83.8 Å². The van der Waals surface area contributed by atoms with E-state index in [1.54, 1.807) is 36.4 Å².